The third kappa shape index (κ3) is 4.51. The van der Waals surface area contributed by atoms with Gasteiger partial charge in [-0.1, -0.05) is 18.2 Å². The molecule has 32 heavy (non-hydrogen) atoms. The van der Waals surface area contributed by atoms with Crippen LogP contribution in [0.25, 0.3) is 0 Å². The Kier molecular flexibility index (Phi) is 6.67. The van der Waals surface area contributed by atoms with E-state index in [1.807, 2.05) is 6.07 Å². The summed E-state index contributed by atoms with van der Waals surface area (Å²) in [7, 11) is 0. The zero-order valence-electron chi connectivity index (χ0n) is 18.0. The maximum atomic E-state index is 13.1. The molecule has 0 spiro atoms. The SMILES string of the molecule is CCOC(=O)C1=C(C)N(c2ccccc2)C(=O)C[C@@H]1C(=O)Nc1ccc([N+](=O)[O-])cc1C. The summed E-state index contributed by atoms with van der Waals surface area (Å²) in [6.07, 6.45) is -0.224. The van der Waals surface area contributed by atoms with Crippen molar-refractivity contribution in [2.75, 3.05) is 16.8 Å². The number of nitrogens with one attached hydrogen (secondary N) is 1. The molecule has 0 radical (unpaired) electrons. The molecule has 3 rings (SSSR count). The number of rotatable bonds is 6. The van der Waals surface area contributed by atoms with E-state index in [9.17, 15) is 24.5 Å². The molecule has 1 N–H and O–H groups in total. The molecule has 0 bridgehead atoms. The Balaban J connectivity index is 1.98. The largest absolute Gasteiger partial charge is 0.463 e. The topological polar surface area (TPSA) is 119 Å². The van der Waals surface area contributed by atoms with Crippen molar-refractivity contribution in [3.05, 3.63) is 75.5 Å². The minimum absolute atomic E-state index is 0.102. The van der Waals surface area contributed by atoms with E-state index in [-0.39, 0.29) is 30.2 Å². The number of hydrogen-bond donors (Lipinski definition) is 1. The first kappa shape index (κ1) is 22.7. The molecule has 0 aliphatic carbocycles. The summed E-state index contributed by atoms with van der Waals surface area (Å²) in [5, 5.41) is 13.6. The van der Waals surface area contributed by atoms with Crippen molar-refractivity contribution in [3.63, 3.8) is 0 Å². The Morgan fingerprint density at radius 3 is 2.47 bits per heavy atom. The number of ether oxygens (including phenoxy) is 1. The van der Waals surface area contributed by atoms with Crippen molar-refractivity contribution in [2.45, 2.75) is 27.2 Å². The number of benzene rings is 2. The second-order valence-corrected chi connectivity index (χ2v) is 7.29. The number of carbonyl (C=O) groups excluding carboxylic acids is 3. The molecule has 1 aliphatic heterocycles. The second-order valence-electron chi connectivity index (χ2n) is 7.29. The van der Waals surface area contributed by atoms with Gasteiger partial charge >= 0.3 is 5.97 Å². The Labute approximate surface area is 184 Å². The third-order valence-corrected chi connectivity index (χ3v) is 5.21. The quantitative estimate of drug-likeness (QED) is 0.418. The zero-order valence-corrected chi connectivity index (χ0v) is 18.0. The summed E-state index contributed by atoms with van der Waals surface area (Å²) in [5.41, 5.74) is 1.76. The maximum absolute atomic E-state index is 13.1. The standard InChI is InChI=1S/C23H23N3O6/c1-4-32-23(29)21-15(3)25(16-8-6-5-7-9-16)20(27)13-18(21)22(28)24-19-11-10-17(26(30)31)12-14(19)2/h5-12,18H,4,13H2,1-3H3,(H,24,28)/t18-/m0/s1. The van der Waals surface area contributed by atoms with Crippen molar-refractivity contribution in [1.82, 2.24) is 0 Å². The molecule has 9 heteroatoms. The van der Waals surface area contributed by atoms with E-state index < -0.39 is 22.7 Å². The van der Waals surface area contributed by atoms with Gasteiger partial charge in [-0.3, -0.25) is 24.6 Å². The highest BCUT2D eigenvalue weighted by atomic mass is 16.6. The first-order valence-electron chi connectivity index (χ1n) is 10.1. The molecular weight excluding hydrogens is 414 g/mol. The van der Waals surface area contributed by atoms with E-state index in [4.69, 9.17) is 4.74 Å². The monoisotopic (exact) mass is 437 g/mol. The van der Waals surface area contributed by atoms with E-state index >= 15 is 0 Å². The van der Waals surface area contributed by atoms with Gasteiger partial charge in [-0.2, -0.15) is 0 Å². The minimum atomic E-state index is -1.06. The Hall–Kier alpha value is -4.01. The maximum Gasteiger partial charge on any atom is 0.336 e. The molecule has 9 nitrogen and oxygen atoms in total. The number of amides is 2. The molecule has 1 atom stereocenters. The van der Waals surface area contributed by atoms with Crippen molar-refractivity contribution in [1.29, 1.82) is 0 Å². The molecule has 0 aromatic heterocycles. The molecule has 0 fully saturated rings. The van der Waals surface area contributed by atoms with Crippen LogP contribution in [0.3, 0.4) is 0 Å². The number of carbonyl (C=O) groups is 3. The average Bonchev–Trinajstić information content (AvgIpc) is 2.75. The van der Waals surface area contributed by atoms with Crippen LogP contribution in [0.15, 0.2) is 59.8 Å². The number of anilines is 2. The van der Waals surface area contributed by atoms with Crippen molar-refractivity contribution < 1.29 is 24.0 Å². The van der Waals surface area contributed by atoms with E-state index in [1.165, 1.54) is 23.1 Å². The van der Waals surface area contributed by atoms with Crippen LogP contribution in [-0.4, -0.2) is 29.3 Å². The Morgan fingerprint density at radius 1 is 1.19 bits per heavy atom. The fraction of sp³-hybridized carbons (Fsp3) is 0.261. The highest BCUT2D eigenvalue weighted by Gasteiger charge is 2.40. The molecule has 2 aromatic rings. The Morgan fingerprint density at radius 2 is 1.88 bits per heavy atom. The first-order valence-corrected chi connectivity index (χ1v) is 10.1. The number of aryl methyl sites for hydroxylation is 1. The van der Waals surface area contributed by atoms with Gasteiger partial charge in [0, 0.05) is 35.6 Å². The highest BCUT2D eigenvalue weighted by molar-refractivity contribution is 6.10. The van der Waals surface area contributed by atoms with Crippen LogP contribution >= 0.6 is 0 Å². The van der Waals surface area contributed by atoms with Crippen LogP contribution in [0, 0.1) is 23.0 Å². The van der Waals surface area contributed by atoms with Gasteiger partial charge in [0.25, 0.3) is 5.69 Å². The smallest absolute Gasteiger partial charge is 0.336 e. The molecule has 1 heterocycles. The predicted octanol–water partition coefficient (Wildman–Crippen LogP) is 3.73. The fourth-order valence-electron chi connectivity index (χ4n) is 3.69. The molecule has 0 unspecified atom stereocenters. The zero-order chi connectivity index (χ0) is 23.4. The minimum Gasteiger partial charge on any atom is -0.463 e. The van der Waals surface area contributed by atoms with Gasteiger partial charge < -0.3 is 10.1 Å². The third-order valence-electron chi connectivity index (χ3n) is 5.21. The van der Waals surface area contributed by atoms with Gasteiger partial charge in [-0.25, -0.2) is 4.79 Å². The highest BCUT2D eigenvalue weighted by Crippen LogP contribution is 2.34. The lowest BCUT2D eigenvalue weighted by molar-refractivity contribution is -0.384. The van der Waals surface area contributed by atoms with E-state index in [2.05, 4.69) is 5.32 Å². The normalized spacial score (nSPS) is 16.0. The van der Waals surface area contributed by atoms with Crippen LogP contribution in [0.2, 0.25) is 0 Å². The predicted molar refractivity (Wildman–Crippen MR) is 118 cm³/mol. The number of esters is 1. The van der Waals surface area contributed by atoms with Gasteiger partial charge in [0.2, 0.25) is 11.8 Å². The number of non-ortho nitro benzene ring substituents is 1. The molecular formula is C23H23N3O6. The summed E-state index contributed by atoms with van der Waals surface area (Å²) in [6.45, 7) is 5.00. The van der Waals surface area contributed by atoms with Crippen LogP contribution < -0.4 is 10.2 Å². The average molecular weight is 437 g/mol. The first-order chi connectivity index (χ1) is 15.2. The molecule has 2 amide bonds. The molecule has 166 valence electrons. The van der Waals surface area contributed by atoms with Crippen LogP contribution in [0.4, 0.5) is 17.1 Å². The number of para-hydroxylation sites is 1. The number of nitro groups is 1. The van der Waals surface area contributed by atoms with E-state index in [1.54, 1.807) is 45.0 Å². The van der Waals surface area contributed by atoms with Gasteiger partial charge in [0.05, 0.1) is 23.0 Å². The van der Waals surface area contributed by atoms with Crippen molar-refractivity contribution in [3.8, 4) is 0 Å². The number of allylic oxidation sites excluding steroid dienone is 1. The Bertz CT molecular complexity index is 1110. The van der Waals surface area contributed by atoms with Gasteiger partial charge in [-0.05, 0) is 44.5 Å². The van der Waals surface area contributed by atoms with Crippen molar-refractivity contribution >= 4 is 34.8 Å². The molecule has 0 saturated heterocycles. The van der Waals surface area contributed by atoms with Crippen LogP contribution in [0.5, 0.6) is 0 Å². The van der Waals surface area contributed by atoms with Crippen LogP contribution in [-0.2, 0) is 19.1 Å². The lowest BCUT2D eigenvalue weighted by atomic mass is 9.88. The summed E-state index contributed by atoms with van der Waals surface area (Å²) >= 11 is 0. The van der Waals surface area contributed by atoms with Gasteiger partial charge in [-0.15, -0.1) is 0 Å². The summed E-state index contributed by atoms with van der Waals surface area (Å²) in [6, 6.07) is 12.9. The second kappa shape index (κ2) is 9.42. The molecule has 0 saturated carbocycles. The molecule has 2 aromatic carbocycles. The summed E-state index contributed by atoms with van der Waals surface area (Å²) in [5.74, 6) is -2.62. The van der Waals surface area contributed by atoms with Gasteiger partial charge in [0.15, 0.2) is 0 Å². The number of hydrogen-bond acceptors (Lipinski definition) is 6. The van der Waals surface area contributed by atoms with Crippen molar-refractivity contribution in [2.24, 2.45) is 5.92 Å². The fourth-order valence-corrected chi connectivity index (χ4v) is 3.69. The summed E-state index contributed by atoms with van der Waals surface area (Å²) in [4.78, 5) is 50.7. The number of nitro benzene ring substituents is 1. The van der Waals surface area contributed by atoms with Crippen LogP contribution in [0.1, 0.15) is 25.8 Å². The van der Waals surface area contributed by atoms with Gasteiger partial charge in [0.1, 0.15) is 0 Å². The summed E-state index contributed by atoms with van der Waals surface area (Å²) < 4.78 is 5.18. The lowest BCUT2D eigenvalue weighted by Crippen LogP contribution is -2.43. The van der Waals surface area contributed by atoms with E-state index in [0.717, 1.165) is 0 Å². The lowest BCUT2D eigenvalue weighted by Gasteiger charge is -2.33. The number of nitrogens with zero attached hydrogens (tertiary/aromatic N) is 2. The molecule has 1 aliphatic rings. The van der Waals surface area contributed by atoms with E-state index in [0.29, 0.717) is 22.6 Å².